The highest BCUT2D eigenvalue weighted by atomic mass is 16.2. The topological polar surface area (TPSA) is 73.0 Å². The average molecular weight is 367 g/mol. The second-order valence-corrected chi connectivity index (χ2v) is 7.14. The molecule has 1 fully saturated rings. The van der Waals surface area contributed by atoms with Gasteiger partial charge in [0.1, 0.15) is 12.0 Å². The number of hydrogen-bond acceptors (Lipinski definition) is 3. The zero-order chi connectivity index (χ0) is 19.4. The van der Waals surface area contributed by atoms with Gasteiger partial charge < -0.3 is 9.80 Å². The summed E-state index contributed by atoms with van der Waals surface area (Å²) in [6.45, 7) is 1.32. The van der Waals surface area contributed by atoms with E-state index in [-0.39, 0.29) is 5.78 Å². The van der Waals surface area contributed by atoms with Gasteiger partial charge in [-0.3, -0.25) is 14.4 Å². The number of ketones is 2. The molecule has 2 atom stereocenters. The fraction of sp³-hybridized carbons (Fsp3) is 0.333. The van der Waals surface area contributed by atoms with Crippen LogP contribution in [0.3, 0.4) is 0 Å². The number of pyridine rings is 1. The maximum Gasteiger partial charge on any atom is 0.291 e. The van der Waals surface area contributed by atoms with Crippen LogP contribution in [0.4, 0.5) is 0 Å². The number of amides is 1. The van der Waals surface area contributed by atoms with Gasteiger partial charge in [-0.1, -0.05) is 36.4 Å². The Hall–Kier alpha value is -2.86. The zero-order valence-corrected chi connectivity index (χ0v) is 15.6. The van der Waals surface area contributed by atoms with Crippen molar-refractivity contribution >= 4 is 17.5 Å². The van der Waals surface area contributed by atoms with E-state index in [0.29, 0.717) is 17.8 Å². The lowest BCUT2D eigenvalue weighted by Crippen LogP contribution is -3.05. The third-order valence-electron chi connectivity index (χ3n) is 4.87. The SMILES string of the molecule is C[NH+](C)CCCN1C(=O)C(=O)C(C(=O)c2ccccc2)C1c1cccc[nH+]1. The number of carbonyl (C=O) groups excluding carboxylic acids is 3. The molecule has 2 heterocycles. The molecular formula is C21H25N3O3+2. The number of aromatic nitrogens is 1. The highest BCUT2D eigenvalue weighted by Gasteiger charge is 2.53. The van der Waals surface area contributed by atoms with Crippen LogP contribution >= 0.6 is 0 Å². The molecule has 2 aromatic rings. The molecule has 0 spiro atoms. The van der Waals surface area contributed by atoms with Crippen molar-refractivity contribution in [1.29, 1.82) is 0 Å². The van der Waals surface area contributed by atoms with Crippen molar-refractivity contribution < 1.29 is 24.3 Å². The monoisotopic (exact) mass is 367 g/mol. The maximum absolute atomic E-state index is 13.1. The second kappa shape index (κ2) is 8.22. The molecule has 3 rings (SSSR count). The standard InChI is InChI=1S/C21H23N3O3/c1-23(2)13-8-14-24-18(16-11-6-7-12-22-16)17(20(26)21(24)27)19(25)15-9-4-3-5-10-15/h3-7,9-12,17-18H,8,13-14H2,1-2H3/p+2. The van der Waals surface area contributed by atoms with Crippen LogP contribution in [0.1, 0.15) is 28.5 Å². The number of H-pyrrole nitrogens is 1. The van der Waals surface area contributed by atoms with E-state index in [4.69, 9.17) is 0 Å². The molecule has 0 saturated carbocycles. The number of hydrogen-bond donors (Lipinski definition) is 1. The molecule has 6 heteroatoms. The minimum absolute atomic E-state index is 0.308. The van der Waals surface area contributed by atoms with Crippen LogP contribution in [0.15, 0.2) is 54.7 Å². The molecule has 0 aliphatic carbocycles. The second-order valence-electron chi connectivity index (χ2n) is 7.14. The quantitative estimate of drug-likeness (QED) is 0.425. The summed E-state index contributed by atoms with van der Waals surface area (Å²) in [7, 11) is 4.09. The van der Waals surface area contributed by atoms with Gasteiger partial charge in [-0.2, -0.15) is 0 Å². The predicted molar refractivity (Wildman–Crippen MR) is 99.0 cm³/mol. The Morgan fingerprint density at radius 3 is 2.41 bits per heavy atom. The lowest BCUT2D eigenvalue weighted by Gasteiger charge is -2.24. The molecule has 1 aromatic heterocycles. The van der Waals surface area contributed by atoms with Crippen LogP contribution in [0.25, 0.3) is 0 Å². The third-order valence-corrected chi connectivity index (χ3v) is 4.87. The summed E-state index contributed by atoms with van der Waals surface area (Å²) in [5.41, 5.74) is 1.15. The van der Waals surface area contributed by atoms with E-state index >= 15 is 0 Å². The summed E-state index contributed by atoms with van der Waals surface area (Å²) in [5, 5.41) is 0. The first-order chi connectivity index (χ1) is 13.0. The predicted octanol–water partition coefficient (Wildman–Crippen LogP) is -0.0132. The van der Waals surface area contributed by atoms with Gasteiger partial charge >= 0.3 is 0 Å². The molecule has 1 aromatic carbocycles. The van der Waals surface area contributed by atoms with Crippen LogP contribution in [0, 0.1) is 5.92 Å². The molecule has 140 valence electrons. The van der Waals surface area contributed by atoms with Crippen molar-refractivity contribution in [3.63, 3.8) is 0 Å². The molecule has 6 nitrogen and oxygen atoms in total. The molecule has 2 N–H and O–H groups in total. The molecule has 1 aliphatic rings. The largest absolute Gasteiger partial charge is 0.340 e. The highest BCUT2D eigenvalue weighted by molar-refractivity contribution is 6.43. The van der Waals surface area contributed by atoms with Crippen molar-refractivity contribution in [2.24, 2.45) is 5.92 Å². The smallest absolute Gasteiger partial charge is 0.291 e. The van der Waals surface area contributed by atoms with E-state index in [2.05, 4.69) is 4.98 Å². The number of nitrogens with zero attached hydrogens (tertiary/aromatic N) is 1. The third kappa shape index (κ3) is 3.95. The number of quaternary nitrogens is 1. The Morgan fingerprint density at radius 2 is 1.78 bits per heavy atom. The zero-order valence-electron chi connectivity index (χ0n) is 15.6. The molecule has 1 aliphatic heterocycles. The van der Waals surface area contributed by atoms with Crippen LogP contribution in [-0.2, 0) is 9.59 Å². The van der Waals surface area contributed by atoms with Crippen LogP contribution in [-0.4, -0.2) is 49.6 Å². The lowest BCUT2D eigenvalue weighted by molar-refractivity contribution is -0.858. The van der Waals surface area contributed by atoms with Crippen molar-refractivity contribution in [2.75, 3.05) is 27.2 Å². The number of benzene rings is 1. The fourth-order valence-corrected chi connectivity index (χ4v) is 3.55. The lowest BCUT2D eigenvalue weighted by atomic mass is 9.88. The first-order valence-corrected chi connectivity index (χ1v) is 9.20. The van der Waals surface area contributed by atoms with Crippen LogP contribution < -0.4 is 9.88 Å². The number of rotatable bonds is 7. The van der Waals surface area contributed by atoms with Gasteiger partial charge in [-0.15, -0.1) is 0 Å². The Kier molecular flexibility index (Phi) is 5.76. The summed E-state index contributed by atoms with van der Waals surface area (Å²) in [6, 6.07) is 13.6. The van der Waals surface area contributed by atoms with Crippen molar-refractivity contribution in [3.05, 3.63) is 66.0 Å². The van der Waals surface area contributed by atoms with E-state index in [1.165, 1.54) is 4.90 Å². The van der Waals surface area contributed by atoms with E-state index in [9.17, 15) is 14.4 Å². The molecular weight excluding hydrogens is 342 g/mol. The van der Waals surface area contributed by atoms with Crippen molar-refractivity contribution in [3.8, 4) is 0 Å². The van der Waals surface area contributed by atoms with Crippen molar-refractivity contribution in [1.82, 2.24) is 4.90 Å². The summed E-state index contributed by atoms with van der Waals surface area (Å²) in [5.74, 6) is -2.52. The van der Waals surface area contributed by atoms with Crippen LogP contribution in [0.2, 0.25) is 0 Å². The van der Waals surface area contributed by atoms with Crippen LogP contribution in [0.5, 0.6) is 0 Å². The van der Waals surface area contributed by atoms with Gasteiger partial charge in [-0.25, -0.2) is 4.98 Å². The average Bonchev–Trinajstić information content (AvgIpc) is 2.93. The van der Waals surface area contributed by atoms with Gasteiger partial charge in [0, 0.05) is 30.7 Å². The molecule has 1 amide bonds. The van der Waals surface area contributed by atoms with Gasteiger partial charge in [0.25, 0.3) is 5.91 Å². The Balaban J connectivity index is 1.96. The fourth-order valence-electron chi connectivity index (χ4n) is 3.55. The summed E-state index contributed by atoms with van der Waals surface area (Å²) >= 11 is 0. The Bertz CT molecular complexity index is 821. The molecule has 0 bridgehead atoms. The van der Waals surface area contributed by atoms with Gasteiger partial charge in [0.2, 0.25) is 11.5 Å². The van der Waals surface area contributed by atoms with Crippen molar-refractivity contribution in [2.45, 2.75) is 12.5 Å². The first kappa shape index (κ1) is 18.9. The molecule has 27 heavy (non-hydrogen) atoms. The molecule has 1 saturated heterocycles. The van der Waals surface area contributed by atoms with E-state index in [1.807, 2.05) is 38.4 Å². The summed E-state index contributed by atoms with van der Waals surface area (Å²) < 4.78 is 0. The summed E-state index contributed by atoms with van der Waals surface area (Å²) in [6.07, 6.45) is 2.51. The van der Waals surface area contributed by atoms with E-state index < -0.39 is 23.7 Å². The first-order valence-electron chi connectivity index (χ1n) is 9.20. The number of carbonyl (C=O) groups is 3. The Morgan fingerprint density at radius 1 is 1.07 bits per heavy atom. The normalized spacial score (nSPS) is 19.7. The van der Waals surface area contributed by atoms with Gasteiger partial charge in [0.05, 0.1) is 20.6 Å². The highest BCUT2D eigenvalue weighted by Crippen LogP contribution is 2.36. The number of aromatic amines is 1. The van der Waals surface area contributed by atoms with E-state index in [1.54, 1.807) is 35.4 Å². The minimum atomic E-state index is -1.02. The van der Waals surface area contributed by atoms with Gasteiger partial charge in [-0.05, 0) is 0 Å². The maximum atomic E-state index is 13.1. The number of likely N-dealkylation sites (tertiary alicyclic amines) is 1. The minimum Gasteiger partial charge on any atom is -0.340 e. The number of Topliss-reactive ketones (excluding diaryl/α,β-unsaturated/α-hetero) is 2. The Labute approximate surface area is 158 Å². The molecule has 0 radical (unpaired) electrons. The number of nitrogens with one attached hydrogen (secondary N) is 2. The van der Waals surface area contributed by atoms with Gasteiger partial charge in [0.15, 0.2) is 12.0 Å². The molecule has 2 unspecified atom stereocenters. The van der Waals surface area contributed by atoms with E-state index in [0.717, 1.165) is 13.0 Å². The summed E-state index contributed by atoms with van der Waals surface area (Å²) in [4.78, 5) is 44.5.